The first-order chi connectivity index (χ1) is 12.3. The number of nitrogens with zero attached hydrogens (tertiary/aromatic N) is 1. The summed E-state index contributed by atoms with van der Waals surface area (Å²) in [6, 6.07) is 10.9. The van der Waals surface area contributed by atoms with E-state index in [4.69, 9.17) is 16.3 Å². The summed E-state index contributed by atoms with van der Waals surface area (Å²) in [6.45, 7) is 1.15. The Morgan fingerprint density at radius 1 is 1.27 bits per heavy atom. The van der Waals surface area contributed by atoms with Crippen molar-refractivity contribution in [3.8, 4) is 0 Å². The smallest absolute Gasteiger partial charge is 0.331 e. The van der Waals surface area contributed by atoms with Crippen LogP contribution in [0.3, 0.4) is 0 Å². The van der Waals surface area contributed by atoms with E-state index < -0.39 is 23.4 Å². The van der Waals surface area contributed by atoms with Crippen molar-refractivity contribution in [2.45, 2.75) is 6.92 Å². The van der Waals surface area contributed by atoms with Crippen LogP contribution in [-0.2, 0) is 14.3 Å². The molecule has 0 saturated carbocycles. The van der Waals surface area contributed by atoms with Gasteiger partial charge >= 0.3 is 5.97 Å². The highest BCUT2D eigenvalue weighted by Crippen LogP contribution is 2.21. The van der Waals surface area contributed by atoms with Gasteiger partial charge in [0.05, 0.1) is 4.92 Å². The number of ether oxygens (including phenoxy) is 1. The van der Waals surface area contributed by atoms with Gasteiger partial charge in [0.25, 0.3) is 11.6 Å². The number of anilines is 1. The van der Waals surface area contributed by atoms with Crippen molar-refractivity contribution in [3.63, 3.8) is 0 Å². The lowest BCUT2D eigenvalue weighted by Gasteiger charge is -2.08. The van der Waals surface area contributed by atoms with E-state index >= 15 is 0 Å². The van der Waals surface area contributed by atoms with Crippen LogP contribution in [0.4, 0.5) is 11.4 Å². The average Bonchev–Trinajstić information content (AvgIpc) is 2.60. The van der Waals surface area contributed by atoms with Gasteiger partial charge in [-0.15, -0.1) is 0 Å². The number of rotatable bonds is 6. The average molecular weight is 375 g/mol. The van der Waals surface area contributed by atoms with Gasteiger partial charge in [0.15, 0.2) is 6.61 Å². The molecule has 8 heteroatoms. The predicted octanol–water partition coefficient (Wildman–Crippen LogP) is 3.75. The zero-order valence-corrected chi connectivity index (χ0v) is 14.5. The number of aryl methyl sites for hydroxylation is 1. The third-order valence-corrected chi connectivity index (χ3v) is 3.54. The van der Waals surface area contributed by atoms with Crippen molar-refractivity contribution in [2.24, 2.45) is 0 Å². The van der Waals surface area contributed by atoms with Crippen LogP contribution < -0.4 is 5.32 Å². The minimum atomic E-state index is -0.680. The quantitative estimate of drug-likeness (QED) is 0.359. The lowest BCUT2D eigenvalue weighted by atomic mass is 10.2. The summed E-state index contributed by atoms with van der Waals surface area (Å²) in [4.78, 5) is 33.7. The molecular formula is C18H15ClN2O5. The third kappa shape index (κ3) is 5.71. The summed E-state index contributed by atoms with van der Waals surface area (Å²) in [5.41, 5.74) is 1.59. The first-order valence-electron chi connectivity index (χ1n) is 7.50. The molecule has 0 radical (unpaired) electrons. The summed E-state index contributed by atoms with van der Waals surface area (Å²) in [6.07, 6.45) is 2.71. The number of hydrogen-bond acceptors (Lipinski definition) is 5. The van der Waals surface area contributed by atoms with Crippen molar-refractivity contribution in [2.75, 3.05) is 11.9 Å². The maximum Gasteiger partial charge on any atom is 0.331 e. The second kappa shape index (κ2) is 8.77. The maximum atomic E-state index is 11.8. The van der Waals surface area contributed by atoms with Gasteiger partial charge in [0.1, 0.15) is 0 Å². The summed E-state index contributed by atoms with van der Waals surface area (Å²) < 4.78 is 4.85. The Morgan fingerprint density at radius 3 is 2.69 bits per heavy atom. The fourth-order valence-electron chi connectivity index (χ4n) is 2.05. The molecule has 0 heterocycles. The fourth-order valence-corrected chi connectivity index (χ4v) is 2.25. The predicted molar refractivity (Wildman–Crippen MR) is 97.9 cm³/mol. The zero-order valence-electron chi connectivity index (χ0n) is 13.8. The van der Waals surface area contributed by atoms with Crippen LogP contribution in [0.1, 0.15) is 11.1 Å². The highest BCUT2D eigenvalue weighted by molar-refractivity contribution is 6.30. The molecule has 0 aliphatic rings. The van der Waals surface area contributed by atoms with Crippen molar-refractivity contribution >= 4 is 40.9 Å². The fraction of sp³-hybridized carbons (Fsp3) is 0.111. The van der Waals surface area contributed by atoms with Gasteiger partial charge in [-0.05, 0) is 42.3 Å². The molecule has 1 amide bonds. The van der Waals surface area contributed by atoms with E-state index in [-0.39, 0.29) is 5.69 Å². The van der Waals surface area contributed by atoms with E-state index in [0.717, 1.165) is 5.56 Å². The van der Waals surface area contributed by atoms with Crippen LogP contribution in [0.25, 0.3) is 6.08 Å². The number of amides is 1. The Bertz CT molecular complexity index is 880. The molecule has 0 atom stereocenters. The largest absolute Gasteiger partial charge is 0.452 e. The summed E-state index contributed by atoms with van der Waals surface area (Å²) in [7, 11) is 0. The Kier molecular flexibility index (Phi) is 6.46. The second-order valence-electron chi connectivity index (χ2n) is 5.30. The van der Waals surface area contributed by atoms with Gasteiger partial charge in [-0.25, -0.2) is 4.79 Å². The number of non-ortho nitro benzene ring substituents is 1. The van der Waals surface area contributed by atoms with Gasteiger partial charge in [-0.2, -0.15) is 0 Å². The zero-order chi connectivity index (χ0) is 19.1. The normalized spacial score (nSPS) is 10.5. The van der Waals surface area contributed by atoms with Crippen LogP contribution in [0.15, 0.2) is 48.5 Å². The topological polar surface area (TPSA) is 98.5 Å². The molecular weight excluding hydrogens is 360 g/mol. The lowest BCUT2D eigenvalue weighted by molar-refractivity contribution is -0.384. The van der Waals surface area contributed by atoms with Crippen molar-refractivity contribution in [3.05, 3.63) is 74.8 Å². The molecule has 0 spiro atoms. The van der Waals surface area contributed by atoms with Gasteiger partial charge < -0.3 is 10.1 Å². The molecule has 2 aromatic rings. The van der Waals surface area contributed by atoms with Crippen molar-refractivity contribution in [1.29, 1.82) is 0 Å². The standard InChI is InChI=1S/C18H15ClN2O5/c1-12-9-15(21(24)25)6-7-16(12)20-17(22)11-26-18(23)8-5-13-3-2-4-14(19)10-13/h2-10H,11H2,1H3,(H,20,22)/b8-5+. The molecule has 0 aliphatic heterocycles. The molecule has 2 rings (SSSR count). The molecule has 0 saturated heterocycles. The Hall–Kier alpha value is -3.19. The van der Waals surface area contributed by atoms with Crippen molar-refractivity contribution in [1.82, 2.24) is 0 Å². The first kappa shape index (κ1) is 19.1. The van der Waals surface area contributed by atoms with Crippen LogP contribution in [-0.4, -0.2) is 23.4 Å². The number of nitro benzene ring substituents is 1. The number of halogens is 1. The Morgan fingerprint density at radius 2 is 2.04 bits per heavy atom. The minimum Gasteiger partial charge on any atom is -0.452 e. The molecule has 0 bridgehead atoms. The van der Waals surface area contributed by atoms with E-state index in [9.17, 15) is 19.7 Å². The van der Waals surface area contributed by atoms with Crippen LogP contribution >= 0.6 is 11.6 Å². The molecule has 2 aromatic carbocycles. The number of esters is 1. The first-order valence-corrected chi connectivity index (χ1v) is 7.88. The van der Waals surface area contributed by atoms with Crippen LogP contribution in [0, 0.1) is 17.0 Å². The van der Waals surface area contributed by atoms with E-state index in [1.54, 1.807) is 31.2 Å². The van der Waals surface area contributed by atoms with Crippen LogP contribution in [0.2, 0.25) is 5.02 Å². The third-order valence-electron chi connectivity index (χ3n) is 3.30. The van der Waals surface area contributed by atoms with Crippen molar-refractivity contribution < 1.29 is 19.2 Å². The Labute approximate surface area is 154 Å². The van der Waals surface area contributed by atoms with E-state index in [2.05, 4.69) is 5.32 Å². The molecule has 26 heavy (non-hydrogen) atoms. The van der Waals surface area contributed by atoms with E-state index in [1.807, 2.05) is 0 Å². The molecule has 0 aliphatic carbocycles. The molecule has 134 valence electrons. The van der Waals surface area contributed by atoms with Gasteiger partial charge in [0.2, 0.25) is 0 Å². The number of carbonyl (C=O) groups is 2. The molecule has 0 aromatic heterocycles. The number of benzene rings is 2. The molecule has 0 unspecified atom stereocenters. The monoisotopic (exact) mass is 374 g/mol. The number of nitrogens with one attached hydrogen (secondary N) is 1. The summed E-state index contributed by atoms with van der Waals surface area (Å²) in [5, 5.41) is 13.8. The second-order valence-corrected chi connectivity index (χ2v) is 5.74. The number of carbonyl (C=O) groups excluding carboxylic acids is 2. The number of nitro groups is 1. The summed E-state index contributed by atoms with van der Waals surface area (Å²) >= 11 is 5.84. The minimum absolute atomic E-state index is 0.0712. The Balaban J connectivity index is 1.86. The molecule has 0 fully saturated rings. The maximum absolute atomic E-state index is 11.8. The highest BCUT2D eigenvalue weighted by atomic mass is 35.5. The van der Waals surface area contributed by atoms with Crippen LogP contribution in [0.5, 0.6) is 0 Å². The molecule has 1 N–H and O–H groups in total. The molecule has 7 nitrogen and oxygen atoms in total. The number of hydrogen-bond donors (Lipinski definition) is 1. The highest BCUT2D eigenvalue weighted by Gasteiger charge is 2.11. The van der Waals surface area contributed by atoms with Gasteiger partial charge in [-0.1, -0.05) is 23.7 Å². The SMILES string of the molecule is Cc1cc([N+](=O)[O-])ccc1NC(=O)COC(=O)/C=C/c1cccc(Cl)c1. The van der Waals surface area contributed by atoms with Gasteiger partial charge in [-0.3, -0.25) is 14.9 Å². The summed E-state index contributed by atoms with van der Waals surface area (Å²) in [5.74, 6) is -1.23. The lowest BCUT2D eigenvalue weighted by Crippen LogP contribution is -2.20. The van der Waals surface area contributed by atoms with E-state index in [0.29, 0.717) is 16.3 Å². The van der Waals surface area contributed by atoms with Gasteiger partial charge in [0, 0.05) is 28.9 Å². The van der Waals surface area contributed by atoms with E-state index in [1.165, 1.54) is 30.4 Å².